The fourth-order valence-electron chi connectivity index (χ4n) is 3.36. The van der Waals surface area contributed by atoms with Gasteiger partial charge in [0.1, 0.15) is 6.04 Å². The average Bonchev–Trinajstić information content (AvgIpc) is 3.03. The molecule has 0 bridgehead atoms. The maximum Gasteiger partial charge on any atom is 0.123 e. The Labute approximate surface area is 144 Å². The third-order valence-electron chi connectivity index (χ3n) is 4.71. The van der Waals surface area contributed by atoms with E-state index >= 15 is 0 Å². The van der Waals surface area contributed by atoms with Crippen molar-refractivity contribution in [3.05, 3.63) is 53.9 Å². The summed E-state index contributed by atoms with van der Waals surface area (Å²) in [6.45, 7) is 5.11. The van der Waals surface area contributed by atoms with Crippen LogP contribution in [-0.2, 0) is 13.5 Å². The molecule has 0 amide bonds. The van der Waals surface area contributed by atoms with Crippen molar-refractivity contribution in [2.45, 2.75) is 18.9 Å². The molecule has 5 nitrogen and oxygen atoms in total. The summed E-state index contributed by atoms with van der Waals surface area (Å²) in [5.41, 5.74) is 2.41. The monoisotopic (exact) mass is 323 g/mol. The first kappa shape index (κ1) is 16.7. The van der Waals surface area contributed by atoms with Crippen LogP contribution in [0.5, 0.6) is 0 Å². The third kappa shape index (κ3) is 4.22. The highest BCUT2D eigenvalue weighted by molar-refractivity contribution is 5.24. The van der Waals surface area contributed by atoms with Gasteiger partial charge >= 0.3 is 0 Å². The van der Waals surface area contributed by atoms with Crippen molar-refractivity contribution in [2.75, 3.05) is 32.7 Å². The molecule has 1 atom stereocenters. The normalized spacial score (nSPS) is 17.5. The zero-order valence-corrected chi connectivity index (χ0v) is 14.3. The molecule has 0 unspecified atom stereocenters. The van der Waals surface area contributed by atoms with Crippen LogP contribution in [0.15, 0.2) is 42.7 Å². The zero-order chi connectivity index (χ0) is 16.8. The Morgan fingerprint density at radius 2 is 1.92 bits per heavy atom. The van der Waals surface area contributed by atoms with Crippen LogP contribution in [0.4, 0.5) is 0 Å². The summed E-state index contributed by atoms with van der Waals surface area (Å²) >= 11 is 0. The predicted molar refractivity (Wildman–Crippen MR) is 94.3 cm³/mol. The minimum Gasteiger partial charge on any atom is -0.301 e. The molecule has 2 aromatic rings. The Kier molecular flexibility index (Phi) is 5.63. The van der Waals surface area contributed by atoms with Gasteiger partial charge in [0.2, 0.25) is 0 Å². The van der Waals surface area contributed by atoms with E-state index in [1.807, 2.05) is 48.3 Å². The molecule has 0 aliphatic carbocycles. The Hall–Kier alpha value is -2.16. The van der Waals surface area contributed by atoms with Crippen LogP contribution < -0.4 is 0 Å². The summed E-state index contributed by atoms with van der Waals surface area (Å²) in [6.07, 6.45) is 6.29. The second kappa shape index (κ2) is 8.09. The molecule has 24 heavy (non-hydrogen) atoms. The molecule has 1 aromatic heterocycles. The maximum atomic E-state index is 9.55. The van der Waals surface area contributed by atoms with Crippen molar-refractivity contribution >= 4 is 0 Å². The van der Waals surface area contributed by atoms with Gasteiger partial charge in [-0.05, 0) is 30.5 Å². The van der Waals surface area contributed by atoms with E-state index in [0.29, 0.717) is 0 Å². The maximum absolute atomic E-state index is 9.55. The van der Waals surface area contributed by atoms with E-state index in [1.165, 1.54) is 5.56 Å². The Balaban J connectivity index is 1.44. The molecule has 0 spiro atoms. The SMILES string of the molecule is Cn1cc(CCCN2CCN([C@@H](C#N)c3ccccc3)CC2)cn1. The van der Waals surface area contributed by atoms with E-state index in [9.17, 15) is 5.26 Å². The number of nitriles is 1. The molecule has 1 saturated heterocycles. The first-order valence-electron chi connectivity index (χ1n) is 8.65. The van der Waals surface area contributed by atoms with Crippen LogP contribution in [0, 0.1) is 11.3 Å². The topological polar surface area (TPSA) is 48.1 Å². The van der Waals surface area contributed by atoms with Crippen molar-refractivity contribution in [1.82, 2.24) is 19.6 Å². The predicted octanol–water partition coefficient (Wildman–Crippen LogP) is 2.24. The fraction of sp³-hybridized carbons (Fsp3) is 0.474. The molecule has 0 radical (unpaired) electrons. The molecule has 5 heteroatoms. The van der Waals surface area contributed by atoms with Crippen molar-refractivity contribution in [1.29, 1.82) is 5.26 Å². The molecule has 1 aromatic carbocycles. The minimum atomic E-state index is -0.122. The number of rotatable bonds is 6. The van der Waals surface area contributed by atoms with Gasteiger partial charge in [-0.2, -0.15) is 10.4 Å². The molecular weight excluding hydrogens is 298 g/mol. The van der Waals surface area contributed by atoms with Crippen molar-refractivity contribution in [3.8, 4) is 6.07 Å². The summed E-state index contributed by atoms with van der Waals surface area (Å²) in [4.78, 5) is 4.80. The van der Waals surface area contributed by atoms with Gasteiger partial charge < -0.3 is 4.90 Å². The summed E-state index contributed by atoms with van der Waals surface area (Å²) in [5.74, 6) is 0. The lowest BCUT2D eigenvalue weighted by Crippen LogP contribution is -2.47. The zero-order valence-electron chi connectivity index (χ0n) is 14.3. The van der Waals surface area contributed by atoms with Crippen molar-refractivity contribution in [3.63, 3.8) is 0 Å². The van der Waals surface area contributed by atoms with Gasteiger partial charge in [-0.25, -0.2) is 0 Å². The number of hydrogen-bond donors (Lipinski definition) is 0. The smallest absolute Gasteiger partial charge is 0.123 e. The molecule has 126 valence electrons. The van der Waals surface area contributed by atoms with Gasteiger partial charge in [0, 0.05) is 39.4 Å². The Bertz CT molecular complexity index is 665. The first-order chi connectivity index (χ1) is 11.8. The Morgan fingerprint density at radius 3 is 2.54 bits per heavy atom. The van der Waals surface area contributed by atoms with Crippen LogP contribution >= 0.6 is 0 Å². The van der Waals surface area contributed by atoms with Crippen molar-refractivity contribution in [2.24, 2.45) is 7.05 Å². The van der Waals surface area contributed by atoms with Crippen molar-refractivity contribution < 1.29 is 0 Å². The fourth-order valence-corrected chi connectivity index (χ4v) is 3.36. The van der Waals surface area contributed by atoms with Crippen LogP contribution in [0.25, 0.3) is 0 Å². The molecule has 3 rings (SSSR count). The third-order valence-corrected chi connectivity index (χ3v) is 4.71. The van der Waals surface area contributed by atoms with Gasteiger partial charge in [-0.1, -0.05) is 30.3 Å². The van der Waals surface area contributed by atoms with E-state index in [0.717, 1.165) is 51.1 Å². The lowest BCUT2D eigenvalue weighted by atomic mass is 10.1. The second-order valence-electron chi connectivity index (χ2n) is 6.45. The molecule has 0 saturated carbocycles. The Morgan fingerprint density at radius 1 is 1.17 bits per heavy atom. The molecule has 0 N–H and O–H groups in total. The summed E-state index contributed by atoms with van der Waals surface area (Å²) in [6, 6.07) is 12.5. The van der Waals surface area contributed by atoms with E-state index in [-0.39, 0.29) is 6.04 Å². The van der Waals surface area contributed by atoms with E-state index in [1.54, 1.807) is 0 Å². The van der Waals surface area contributed by atoms with Gasteiger partial charge in [0.15, 0.2) is 0 Å². The van der Waals surface area contributed by atoms with Gasteiger partial charge in [-0.3, -0.25) is 9.58 Å². The number of hydrogen-bond acceptors (Lipinski definition) is 4. The van der Waals surface area contributed by atoms with Crippen LogP contribution in [0.2, 0.25) is 0 Å². The van der Waals surface area contributed by atoms with E-state index in [4.69, 9.17) is 0 Å². The highest BCUT2D eigenvalue weighted by Gasteiger charge is 2.24. The van der Waals surface area contributed by atoms with Gasteiger partial charge in [0.25, 0.3) is 0 Å². The lowest BCUT2D eigenvalue weighted by Gasteiger charge is -2.37. The van der Waals surface area contributed by atoms with E-state index in [2.05, 4.69) is 27.2 Å². The number of aryl methyl sites for hydroxylation is 2. The first-order valence-corrected chi connectivity index (χ1v) is 8.65. The molecule has 1 fully saturated rings. The van der Waals surface area contributed by atoms with Crippen LogP contribution in [0.3, 0.4) is 0 Å². The average molecular weight is 323 g/mol. The highest BCUT2D eigenvalue weighted by Crippen LogP contribution is 2.21. The van der Waals surface area contributed by atoms with Crippen LogP contribution in [-0.4, -0.2) is 52.3 Å². The number of piperazine rings is 1. The molecule has 1 aliphatic heterocycles. The number of benzene rings is 1. The minimum absolute atomic E-state index is 0.122. The molecule has 1 aliphatic rings. The molecule has 2 heterocycles. The van der Waals surface area contributed by atoms with Crippen LogP contribution in [0.1, 0.15) is 23.6 Å². The summed E-state index contributed by atoms with van der Waals surface area (Å²) in [7, 11) is 1.96. The summed E-state index contributed by atoms with van der Waals surface area (Å²) < 4.78 is 1.86. The highest BCUT2D eigenvalue weighted by atomic mass is 15.3. The standard InChI is InChI=1S/C19H25N5/c1-22-16-17(15-21-22)6-5-9-23-10-12-24(13-11-23)19(14-20)18-7-3-2-4-8-18/h2-4,7-8,15-16,19H,5-6,9-13H2,1H3/t19-/m0/s1. The lowest BCUT2D eigenvalue weighted by molar-refractivity contribution is 0.113. The summed E-state index contributed by atoms with van der Waals surface area (Å²) in [5, 5.41) is 13.8. The van der Waals surface area contributed by atoms with Gasteiger partial charge in [-0.15, -0.1) is 0 Å². The van der Waals surface area contributed by atoms with Gasteiger partial charge in [0.05, 0.1) is 12.3 Å². The van der Waals surface area contributed by atoms with E-state index < -0.39 is 0 Å². The number of aromatic nitrogens is 2. The largest absolute Gasteiger partial charge is 0.301 e. The second-order valence-corrected chi connectivity index (χ2v) is 6.45. The number of nitrogens with zero attached hydrogens (tertiary/aromatic N) is 5. The molecular formula is C19H25N5. The quantitative estimate of drug-likeness (QED) is 0.818.